The largest absolute Gasteiger partial charge is 0.0617 e. The molecule has 0 atom stereocenters. The van der Waals surface area contributed by atoms with Crippen molar-refractivity contribution in [3.8, 4) is 11.1 Å². The van der Waals surface area contributed by atoms with Crippen molar-refractivity contribution in [2.24, 2.45) is 0 Å². The molecule has 5 aromatic carbocycles. The molecule has 144 valence electrons. The molecule has 0 aliphatic heterocycles. The maximum atomic E-state index is 2.31. The Morgan fingerprint density at radius 1 is 0.333 bits per heavy atom. The first-order valence-corrected chi connectivity index (χ1v) is 11.0. The van der Waals surface area contributed by atoms with Gasteiger partial charge >= 0.3 is 0 Å². The molecule has 30 heavy (non-hydrogen) atoms. The maximum Gasteiger partial charge on any atom is -0.0105 e. The minimum absolute atomic E-state index is 1.22. The van der Waals surface area contributed by atoms with Gasteiger partial charge in [-0.1, -0.05) is 97.1 Å². The summed E-state index contributed by atoms with van der Waals surface area (Å²) < 4.78 is 0. The molecule has 0 radical (unpaired) electrons. The third-order valence-electron chi connectivity index (χ3n) is 6.71. The zero-order chi connectivity index (χ0) is 19.9. The van der Waals surface area contributed by atoms with Crippen molar-refractivity contribution < 1.29 is 0 Å². The van der Waals surface area contributed by atoms with Crippen molar-refractivity contribution in [2.45, 2.75) is 25.7 Å². The molecule has 0 aromatic heterocycles. The molecule has 0 bridgehead atoms. The summed E-state index contributed by atoms with van der Waals surface area (Å²) in [5.74, 6) is 0. The second-order valence-electron chi connectivity index (χ2n) is 8.41. The van der Waals surface area contributed by atoms with E-state index in [1.807, 2.05) is 0 Å². The minimum atomic E-state index is 1.22. The summed E-state index contributed by atoms with van der Waals surface area (Å²) in [5.41, 5.74) is 9.42. The molecule has 0 saturated heterocycles. The highest BCUT2D eigenvalue weighted by molar-refractivity contribution is 6.07. The smallest absolute Gasteiger partial charge is 0.0105 e. The molecule has 7 rings (SSSR count). The molecule has 0 amide bonds. The number of benzene rings is 5. The Morgan fingerprint density at radius 2 is 0.700 bits per heavy atom. The van der Waals surface area contributed by atoms with Gasteiger partial charge in [-0.15, -0.1) is 0 Å². The first-order valence-electron chi connectivity index (χ1n) is 11.0. The van der Waals surface area contributed by atoms with E-state index in [1.165, 1.54) is 47.2 Å². The molecule has 0 saturated carbocycles. The number of aryl methyl sites for hydroxylation is 4. The Balaban J connectivity index is 0.000000118. The zero-order valence-corrected chi connectivity index (χ0v) is 17.1. The summed E-state index contributed by atoms with van der Waals surface area (Å²) in [4.78, 5) is 0. The van der Waals surface area contributed by atoms with E-state index in [4.69, 9.17) is 0 Å². The summed E-state index contributed by atoms with van der Waals surface area (Å²) in [5, 5.41) is 5.30. The molecule has 0 heteroatoms. The van der Waals surface area contributed by atoms with Crippen molar-refractivity contribution in [1.29, 1.82) is 0 Å². The van der Waals surface area contributed by atoms with Crippen LogP contribution in [0.15, 0.2) is 97.1 Å². The summed E-state index contributed by atoms with van der Waals surface area (Å²) in [6.45, 7) is 0. The second kappa shape index (κ2) is 7.15. The Hall–Kier alpha value is -3.38. The zero-order valence-electron chi connectivity index (χ0n) is 17.1. The fourth-order valence-electron chi connectivity index (χ4n) is 5.28. The van der Waals surface area contributed by atoms with Crippen molar-refractivity contribution >= 4 is 21.5 Å². The van der Waals surface area contributed by atoms with Gasteiger partial charge in [0.15, 0.2) is 0 Å². The lowest BCUT2D eigenvalue weighted by atomic mass is 9.76. The van der Waals surface area contributed by atoms with E-state index in [9.17, 15) is 0 Å². The molecule has 5 aromatic rings. The lowest BCUT2D eigenvalue weighted by Gasteiger charge is -2.28. The van der Waals surface area contributed by atoms with Gasteiger partial charge in [0.2, 0.25) is 0 Å². The second-order valence-corrected chi connectivity index (χ2v) is 8.41. The van der Waals surface area contributed by atoms with Crippen LogP contribution in [0.2, 0.25) is 0 Å². The lowest BCUT2D eigenvalue weighted by molar-refractivity contribution is 0.876. The van der Waals surface area contributed by atoms with Crippen LogP contribution in [0, 0.1) is 0 Å². The van der Waals surface area contributed by atoms with E-state index >= 15 is 0 Å². The Bertz CT molecular complexity index is 1240. The topological polar surface area (TPSA) is 0 Å². The Kier molecular flexibility index (Phi) is 4.16. The molecular weight excluding hydrogens is 360 g/mol. The van der Waals surface area contributed by atoms with Crippen LogP contribution in [-0.2, 0) is 25.7 Å². The molecule has 0 nitrogen and oxygen atoms in total. The quantitative estimate of drug-likeness (QED) is 0.242. The number of hydrogen-bond donors (Lipinski definition) is 0. The predicted octanol–water partition coefficient (Wildman–Crippen LogP) is 7.54. The van der Waals surface area contributed by atoms with Crippen molar-refractivity contribution in [2.75, 3.05) is 0 Å². The monoisotopic (exact) mass is 384 g/mol. The minimum Gasteiger partial charge on any atom is -0.0617 e. The van der Waals surface area contributed by atoms with Crippen molar-refractivity contribution in [3.63, 3.8) is 0 Å². The molecule has 0 N–H and O–H groups in total. The van der Waals surface area contributed by atoms with Gasteiger partial charge in [0, 0.05) is 0 Å². The Labute approximate surface area is 177 Å². The first-order chi connectivity index (χ1) is 14.9. The molecule has 2 aliphatic carbocycles. The molecule has 0 spiro atoms. The Morgan fingerprint density at radius 3 is 1.10 bits per heavy atom. The van der Waals surface area contributed by atoms with E-state index in [2.05, 4.69) is 97.1 Å². The molecular formula is C30H24. The molecule has 0 fully saturated rings. The van der Waals surface area contributed by atoms with Crippen LogP contribution < -0.4 is 0 Å². The highest BCUT2D eigenvalue weighted by atomic mass is 14.3. The fourth-order valence-corrected chi connectivity index (χ4v) is 5.28. The van der Waals surface area contributed by atoms with E-state index < -0.39 is 0 Å². The van der Waals surface area contributed by atoms with E-state index in [-0.39, 0.29) is 0 Å². The summed E-state index contributed by atoms with van der Waals surface area (Å²) in [7, 11) is 0. The van der Waals surface area contributed by atoms with Crippen LogP contribution in [0.4, 0.5) is 0 Å². The van der Waals surface area contributed by atoms with Crippen LogP contribution in [0.5, 0.6) is 0 Å². The lowest BCUT2D eigenvalue weighted by Crippen LogP contribution is -2.13. The van der Waals surface area contributed by atoms with Gasteiger partial charge in [-0.05, 0) is 80.6 Å². The number of hydrogen-bond acceptors (Lipinski definition) is 0. The summed E-state index contributed by atoms with van der Waals surface area (Å²) in [6, 6.07) is 35.1. The van der Waals surface area contributed by atoms with E-state index in [1.54, 1.807) is 33.4 Å². The van der Waals surface area contributed by atoms with Crippen LogP contribution >= 0.6 is 0 Å². The van der Waals surface area contributed by atoms with Crippen LogP contribution in [0.1, 0.15) is 22.3 Å². The summed E-state index contributed by atoms with van der Waals surface area (Å²) >= 11 is 0. The van der Waals surface area contributed by atoms with Gasteiger partial charge < -0.3 is 0 Å². The third-order valence-corrected chi connectivity index (χ3v) is 6.71. The van der Waals surface area contributed by atoms with Gasteiger partial charge in [-0.25, -0.2) is 0 Å². The fraction of sp³-hybridized carbons (Fsp3) is 0.133. The first kappa shape index (κ1) is 17.5. The van der Waals surface area contributed by atoms with Crippen LogP contribution in [0.25, 0.3) is 32.7 Å². The van der Waals surface area contributed by atoms with Gasteiger partial charge in [0.05, 0.1) is 0 Å². The van der Waals surface area contributed by atoms with Gasteiger partial charge in [0.1, 0.15) is 0 Å². The van der Waals surface area contributed by atoms with Crippen LogP contribution in [-0.4, -0.2) is 0 Å². The average molecular weight is 385 g/mol. The standard InChI is InChI=1S/C16H14.C14H10/c1-3-11-7-9-13-5-2-6-14-10-8-12(4-1)15(11)16(13)14;1-3-7-13-11(5-1)9-10-12-6-2-4-8-14(12)13/h1-6H,7-10H2;1-10H. The number of rotatable bonds is 0. The molecule has 2 aliphatic rings. The highest BCUT2D eigenvalue weighted by Crippen LogP contribution is 2.41. The predicted molar refractivity (Wildman–Crippen MR) is 128 cm³/mol. The molecule has 0 heterocycles. The summed E-state index contributed by atoms with van der Waals surface area (Å²) in [6.07, 6.45) is 4.89. The number of fused-ring (bicyclic) bond motifs is 3. The SMILES string of the molecule is c1cc2c3c(c1)CCc1cccc(c1-3)CC2.c1ccc2c(c1)ccc1ccccc12. The van der Waals surface area contributed by atoms with E-state index in [0.717, 1.165) is 0 Å². The van der Waals surface area contributed by atoms with E-state index in [0.29, 0.717) is 0 Å². The average Bonchev–Trinajstić information content (AvgIpc) is 2.83. The van der Waals surface area contributed by atoms with Crippen LogP contribution in [0.3, 0.4) is 0 Å². The van der Waals surface area contributed by atoms with Gasteiger partial charge in [-0.2, -0.15) is 0 Å². The third kappa shape index (κ3) is 2.83. The molecule has 0 unspecified atom stereocenters. The van der Waals surface area contributed by atoms with Gasteiger partial charge in [-0.3, -0.25) is 0 Å². The maximum absolute atomic E-state index is 2.31. The normalized spacial score (nSPS) is 13.5. The van der Waals surface area contributed by atoms with Gasteiger partial charge in [0.25, 0.3) is 0 Å². The highest BCUT2D eigenvalue weighted by Gasteiger charge is 2.24. The van der Waals surface area contributed by atoms with Crippen molar-refractivity contribution in [1.82, 2.24) is 0 Å². The van der Waals surface area contributed by atoms with Crippen molar-refractivity contribution in [3.05, 3.63) is 119 Å².